The van der Waals surface area contributed by atoms with Gasteiger partial charge in [0.1, 0.15) is 0 Å². The number of nitrogens with one attached hydrogen (secondary N) is 1. The van der Waals surface area contributed by atoms with E-state index < -0.39 is 16.0 Å². The van der Waals surface area contributed by atoms with Crippen molar-refractivity contribution in [1.29, 1.82) is 0 Å². The van der Waals surface area contributed by atoms with Crippen molar-refractivity contribution in [2.75, 3.05) is 6.54 Å². The molecule has 2 atom stereocenters. The maximum absolute atomic E-state index is 12.0. The van der Waals surface area contributed by atoms with E-state index in [0.717, 1.165) is 12.8 Å². The molecular formula is C15H21NO4S. The van der Waals surface area contributed by atoms with Crippen molar-refractivity contribution >= 4 is 16.0 Å². The summed E-state index contributed by atoms with van der Waals surface area (Å²) in [5.74, 6) is -0.0139. The largest absolute Gasteiger partial charge is 0.478 e. The lowest BCUT2D eigenvalue weighted by molar-refractivity contribution is 0.0697. The number of carboxylic acid groups (broad SMARTS) is 1. The maximum atomic E-state index is 12.0. The summed E-state index contributed by atoms with van der Waals surface area (Å²) in [7, 11) is -3.37. The monoisotopic (exact) mass is 311 g/mol. The van der Waals surface area contributed by atoms with E-state index in [1.54, 1.807) is 12.1 Å². The second kappa shape index (κ2) is 6.58. The van der Waals surface area contributed by atoms with Crippen molar-refractivity contribution in [3.8, 4) is 0 Å². The van der Waals surface area contributed by atoms with Gasteiger partial charge >= 0.3 is 5.97 Å². The number of benzene rings is 1. The van der Waals surface area contributed by atoms with Gasteiger partial charge in [-0.25, -0.2) is 17.9 Å². The lowest BCUT2D eigenvalue weighted by Gasteiger charge is -2.12. The molecule has 1 aromatic carbocycles. The van der Waals surface area contributed by atoms with Crippen LogP contribution in [0.5, 0.6) is 0 Å². The summed E-state index contributed by atoms with van der Waals surface area (Å²) in [5, 5.41) is 8.80. The maximum Gasteiger partial charge on any atom is 0.335 e. The van der Waals surface area contributed by atoms with E-state index in [2.05, 4.69) is 11.6 Å². The highest BCUT2D eigenvalue weighted by Crippen LogP contribution is 2.29. The summed E-state index contributed by atoms with van der Waals surface area (Å²) >= 11 is 0. The summed E-state index contributed by atoms with van der Waals surface area (Å²) in [6.45, 7) is 2.69. The van der Waals surface area contributed by atoms with Crippen molar-refractivity contribution in [3.05, 3.63) is 35.4 Å². The van der Waals surface area contributed by atoms with Crippen molar-refractivity contribution in [1.82, 2.24) is 4.72 Å². The van der Waals surface area contributed by atoms with Crippen LogP contribution in [0.1, 0.15) is 42.1 Å². The van der Waals surface area contributed by atoms with Gasteiger partial charge in [0.25, 0.3) is 0 Å². The Morgan fingerprint density at radius 1 is 1.29 bits per heavy atom. The highest BCUT2D eigenvalue weighted by atomic mass is 32.2. The molecule has 1 aliphatic carbocycles. The first-order chi connectivity index (χ1) is 9.85. The third-order valence-corrected chi connectivity index (χ3v) is 5.27. The Morgan fingerprint density at radius 2 is 1.95 bits per heavy atom. The molecule has 0 saturated heterocycles. The number of carbonyl (C=O) groups is 1. The molecule has 1 aromatic rings. The van der Waals surface area contributed by atoms with Gasteiger partial charge < -0.3 is 5.11 Å². The van der Waals surface area contributed by atoms with Crippen LogP contribution in [-0.2, 0) is 15.8 Å². The predicted molar refractivity (Wildman–Crippen MR) is 80.5 cm³/mol. The Balaban J connectivity index is 1.89. The van der Waals surface area contributed by atoms with Gasteiger partial charge in [-0.3, -0.25) is 0 Å². The minimum absolute atomic E-state index is 0.116. The average molecular weight is 311 g/mol. The van der Waals surface area contributed by atoms with Gasteiger partial charge in [-0.2, -0.15) is 0 Å². The molecular weight excluding hydrogens is 290 g/mol. The van der Waals surface area contributed by atoms with Crippen molar-refractivity contribution in [2.24, 2.45) is 11.8 Å². The molecule has 1 fully saturated rings. The fraction of sp³-hybridized carbons (Fsp3) is 0.533. The lowest BCUT2D eigenvalue weighted by Crippen LogP contribution is -2.29. The molecule has 0 spiro atoms. The van der Waals surface area contributed by atoms with Crippen LogP contribution < -0.4 is 4.72 Å². The number of carboxylic acids is 1. The molecule has 2 rings (SSSR count). The summed E-state index contributed by atoms with van der Waals surface area (Å²) in [4.78, 5) is 10.7. The van der Waals surface area contributed by atoms with E-state index in [-0.39, 0.29) is 11.3 Å². The predicted octanol–water partition coefficient (Wildman–Crippen LogP) is 2.24. The Hall–Kier alpha value is -1.40. The van der Waals surface area contributed by atoms with Gasteiger partial charge in [0.05, 0.1) is 11.3 Å². The zero-order valence-corrected chi connectivity index (χ0v) is 12.9. The van der Waals surface area contributed by atoms with Crippen LogP contribution in [0.2, 0.25) is 0 Å². The minimum Gasteiger partial charge on any atom is -0.478 e. The van der Waals surface area contributed by atoms with Crippen LogP contribution in [0.4, 0.5) is 0 Å². The molecule has 5 nitrogen and oxygen atoms in total. The highest BCUT2D eigenvalue weighted by Gasteiger charge is 2.23. The Morgan fingerprint density at radius 3 is 2.48 bits per heavy atom. The molecule has 0 amide bonds. The first-order valence-corrected chi connectivity index (χ1v) is 8.80. The van der Waals surface area contributed by atoms with Gasteiger partial charge in [0, 0.05) is 6.54 Å². The number of rotatable bonds is 6. The third-order valence-electron chi connectivity index (χ3n) is 3.95. The normalized spacial score (nSPS) is 22.3. The van der Waals surface area contributed by atoms with Crippen LogP contribution >= 0.6 is 0 Å². The summed E-state index contributed by atoms with van der Waals surface area (Å²) < 4.78 is 26.7. The third kappa shape index (κ3) is 4.82. The molecule has 0 bridgehead atoms. The topological polar surface area (TPSA) is 83.5 Å². The molecule has 0 heterocycles. The average Bonchev–Trinajstić information content (AvgIpc) is 2.83. The molecule has 116 valence electrons. The van der Waals surface area contributed by atoms with Crippen LogP contribution in [-0.4, -0.2) is 26.0 Å². The Labute approximate surface area is 125 Å². The van der Waals surface area contributed by atoms with Gasteiger partial charge in [-0.1, -0.05) is 25.5 Å². The van der Waals surface area contributed by atoms with E-state index in [1.807, 2.05) is 0 Å². The molecule has 1 aliphatic rings. The molecule has 1 saturated carbocycles. The molecule has 0 aromatic heterocycles. The van der Waals surface area contributed by atoms with E-state index in [0.29, 0.717) is 23.9 Å². The second-order valence-corrected chi connectivity index (χ2v) is 7.70. The number of sulfonamides is 1. The fourth-order valence-electron chi connectivity index (χ4n) is 2.77. The molecule has 2 N–H and O–H groups in total. The van der Waals surface area contributed by atoms with Crippen molar-refractivity contribution in [2.45, 2.75) is 31.9 Å². The highest BCUT2D eigenvalue weighted by molar-refractivity contribution is 7.88. The number of aromatic carboxylic acids is 1. The van der Waals surface area contributed by atoms with Crippen LogP contribution in [0.25, 0.3) is 0 Å². The van der Waals surface area contributed by atoms with Crippen molar-refractivity contribution < 1.29 is 18.3 Å². The van der Waals surface area contributed by atoms with Crippen LogP contribution in [0, 0.1) is 11.8 Å². The molecule has 21 heavy (non-hydrogen) atoms. The quantitative estimate of drug-likeness (QED) is 0.844. The van der Waals surface area contributed by atoms with Gasteiger partial charge in [-0.15, -0.1) is 0 Å². The molecule has 6 heteroatoms. The summed E-state index contributed by atoms with van der Waals surface area (Å²) in [6.07, 6.45) is 3.33. The standard InChI is InChI=1S/C15H21NO4S/c1-11-2-3-13(8-11)9-16-21(19,20)10-12-4-6-14(7-5-12)15(17)18/h4-7,11,13,16H,2-3,8-10H2,1H3,(H,17,18). The number of hydrogen-bond acceptors (Lipinski definition) is 3. The zero-order chi connectivity index (χ0) is 15.5. The second-order valence-electron chi connectivity index (χ2n) is 5.89. The smallest absolute Gasteiger partial charge is 0.335 e. The summed E-state index contributed by atoms with van der Waals surface area (Å²) in [6, 6.07) is 5.93. The molecule has 0 aliphatic heterocycles. The fourth-order valence-corrected chi connectivity index (χ4v) is 3.99. The van der Waals surface area contributed by atoms with E-state index in [9.17, 15) is 13.2 Å². The Kier molecular flexibility index (Phi) is 5.00. The van der Waals surface area contributed by atoms with Crippen LogP contribution in [0.15, 0.2) is 24.3 Å². The minimum atomic E-state index is -3.37. The number of hydrogen-bond donors (Lipinski definition) is 2. The van der Waals surface area contributed by atoms with E-state index >= 15 is 0 Å². The van der Waals surface area contributed by atoms with Gasteiger partial charge in [-0.05, 0) is 42.4 Å². The van der Waals surface area contributed by atoms with Crippen molar-refractivity contribution in [3.63, 3.8) is 0 Å². The molecule has 0 radical (unpaired) electrons. The lowest BCUT2D eigenvalue weighted by atomic mass is 10.1. The SMILES string of the molecule is CC1CCC(CNS(=O)(=O)Cc2ccc(C(=O)O)cc2)C1. The first-order valence-electron chi connectivity index (χ1n) is 7.15. The van der Waals surface area contributed by atoms with Gasteiger partial charge in [0.2, 0.25) is 10.0 Å². The molecule has 2 unspecified atom stereocenters. The first kappa shape index (κ1) is 16.0. The zero-order valence-electron chi connectivity index (χ0n) is 12.1. The van der Waals surface area contributed by atoms with E-state index in [4.69, 9.17) is 5.11 Å². The Bertz CT molecular complexity index is 595. The van der Waals surface area contributed by atoms with Crippen LogP contribution in [0.3, 0.4) is 0 Å². The summed E-state index contributed by atoms with van der Waals surface area (Å²) in [5.41, 5.74) is 0.747. The van der Waals surface area contributed by atoms with E-state index in [1.165, 1.54) is 18.6 Å². The van der Waals surface area contributed by atoms with Gasteiger partial charge in [0.15, 0.2) is 0 Å².